The molecule has 190 valence electrons. The van der Waals surface area contributed by atoms with Crippen LogP contribution in [0.1, 0.15) is 25.0 Å². The van der Waals surface area contributed by atoms with Crippen LogP contribution >= 0.6 is 11.6 Å². The fourth-order valence-corrected chi connectivity index (χ4v) is 5.80. The Labute approximate surface area is 214 Å². The van der Waals surface area contributed by atoms with Crippen molar-refractivity contribution in [2.24, 2.45) is 13.0 Å². The Balaban J connectivity index is 1.15. The van der Waals surface area contributed by atoms with Gasteiger partial charge in [0.2, 0.25) is 5.91 Å². The van der Waals surface area contributed by atoms with Gasteiger partial charge in [-0.25, -0.2) is 9.37 Å². The zero-order valence-corrected chi connectivity index (χ0v) is 21.2. The third kappa shape index (κ3) is 4.23. The number of carbonyl (C=O) groups is 1. The lowest BCUT2D eigenvalue weighted by Gasteiger charge is -2.44. The largest absolute Gasteiger partial charge is 0.376 e. The molecule has 0 bridgehead atoms. The van der Waals surface area contributed by atoms with Crippen molar-refractivity contribution in [1.29, 1.82) is 0 Å². The van der Waals surface area contributed by atoms with Crippen molar-refractivity contribution in [3.63, 3.8) is 0 Å². The van der Waals surface area contributed by atoms with E-state index in [-0.39, 0.29) is 24.3 Å². The molecule has 36 heavy (non-hydrogen) atoms. The van der Waals surface area contributed by atoms with Crippen molar-refractivity contribution in [3.05, 3.63) is 47.4 Å². The van der Waals surface area contributed by atoms with E-state index in [1.54, 1.807) is 10.9 Å². The van der Waals surface area contributed by atoms with Crippen LogP contribution in [0.3, 0.4) is 0 Å². The lowest BCUT2D eigenvalue weighted by Crippen LogP contribution is -2.59. The summed E-state index contributed by atoms with van der Waals surface area (Å²) >= 11 is 6.66. The number of ether oxygens (including phenoxy) is 1. The van der Waals surface area contributed by atoms with E-state index in [9.17, 15) is 9.18 Å². The molecular formula is C26H30ClFN6O2. The summed E-state index contributed by atoms with van der Waals surface area (Å²) in [5.41, 5.74) is 1.34. The summed E-state index contributed by atoms with van der Waals surface area (Å²) in [6, 6.07) is 7.83. The number of carbonyl (C=O) groups excluding carboxylic acids is 1. The third-order valence-corrected chi connectivity index (χ3v) is 8.26. The van der Waals surface area contributed by atoms with Crippen LogP contribution in [0.5, 0.6) is 0 Å². The number of amides is 1. The summed E-state index contributed by atoms with van der Waals surface area (Å²) in [5.74, 6) is 0.589. The second-order valence-corrected chi connectivity index (χ2v) is 10.8. The third-order valence-electron chi connectivity index (χ3n) is 7.96. The van der Waals surface area contributed by atoms with Gasteiger partial charge < -0.3 is 15.0 Å². The normalized spacial score (nSPS) is 28.6. The lowest BCUT2D eigenvalue weighted by atomic mass is 9.96. The zero-order chi connectivity index (χ0) is 25.0. The summed E-state index contributed by atoms with van der Waals surface area (Å²) in [5, 5.41) is 9.93. The van der Waals surface area contributed by atoms with E-state index in [0.717, 1.165) is 54.8 Å². The molecule has 0 radical (unpaired) electrons. The van der Waals surface area contributed by atoms with Crippen LogP contribution in [0.2, 0.25) is 5.02 Å². The lowest BCUT2D eigenvalue weighted by molar-refractivity contribution is -0.117. The van der Waals surface area contributed by atoms with Gasteiger partial charge in [0.05, 0.1) is 35.2 Å². The number of rotatable bonds is 5. The van der Waals surface area contributed by atoms with Gasteiger partial charge in [0.15, 0.2) is 0 Å². The number of fused-ring (bicyclic) bond motifs is 1. The minimum Gasteiger partial charge on any atom is -0.376 e. The predicted molar refractivity (Wildman–Crippen MR) is 137 cm³/mol. The monoisotopic (exact) mass is 512 g/mol. The Morgan fingerprint density at radius 1 is 1.22 bits per heavy atom. The molecule has 1 amide bonds. The Bertz CT molecular complexity index is 1310. The molecule has 1 aliphatic carbocycles. The summed E-state index contributed by atoms with van der Waals surface area (Å²) in [6.45, 7) is 5.53. The molecule has 3 aromatic rings. The van der Waals surface area contributed by atoms with Gasteiger partial charge >= 0.3 is 0 Å². The van der Waals surface area contributed by atoms with Gasteiger partial charge in [-0.15, -0.1) is 0 Å². The molecular weight excluding hydrogens is 483 g/mol. The zero-order valence-electron chi connectivity index (χ0n) is 20.5. The second kappa shape index (κ2) is 8.97. The molecule has 1 saturated carbocycles. The number of piperazine rings is 1. The van der Waals surface area contributed by atoms with E-state index in [1.807, 2.05) is 38.4 Å². The van der Waals surface area contributed by atoms with Crippen LogP contribution in [0.25, 0.3) is 10.8 Å². The number of pyridine rings is 1. The average Bonchev–Trinajstić information content (AvgIpc) is 3.44. The maximum atomic E-state index is 14.5. The van der Waals surface area contributed by atoms with Crippen molar-refractivity contribution in [2.75, 3.05) is 49.6 Å². The maximum absolute atomic E-state index is 14.5. The molecule has 3 fully saturated rings. The second-order valence-electron chi connectivity index (χ2n) is 10.4. The van der Waals surface area contributed by atoms with Gasteiger partial charge in [0.1, 0.15) is 12.0 Å². The summed E-state index contributed by atoms with van der Waals surface area (Å²) < 4.78 is 21.6. The summed E-state index contributed by atoms with van der Waals surface area (Å²) in [4.78, 5) is 21.7. The predicted octanol–water partition coefficient (Wildman–Crippen LogP) is 3.61. The number of anilines is 2. The Kier molecular flexibility index (Phi) is 5.89. The van der Waals surface area contributed by atoms with Crippen molar-refractivity contribution in [3.8, 4) is 0 Å². The van der Waals surface area contributed by atoms with E-state index >= 15 is 0 Å². The van der Waals surface area contributed by atoms with Crippen molar-refractivity contribution < 1.29 is 13.9 Å². The molecule has 0 unspecified atom stereocenters. The number of aryl methyl sites for hydroxylation is 1. The number of benzene rings is 1. The summed E-state index contributed by atoms with van der Waals surface area (Å²) in [6.07, 6.45) is 3.47. The first-order valence-corrected chi connectivity index (χ1v) is 12.8. The first kappa shape index (κ1) is 23.6. The van der Waals surface area contributed by atoms with Crippen molar-refractivity contribution >= 4 is 39.8 Å². The maximum Gasteiger partial charge on any atom is 0.229 e. The Hall–Kier alpha value is -2.75. The Morgan fingerprint density at radius 3 is 2.72 bits per heavy atom. The van der Waals surface area contributed by atoms with Crippen LogP contribution in [0.15, 0.2) is 36.7 Å². The van der Waals surface area contributed by atoms with Gasteiger partial charge in [-0.1, -0.05) is 11.6 Å². The number of nitrogens with zero attached hydrogens (tertiary/aromatic N) is 5. The van der Waals surface area contributed by atoms with Crippen LogP contribution in [0, 0.1) is 5.92 Å². The first-order valence-electron chi connectivity index (χ1n) is 12.4. The van der Waals surface area contributed by atoms with E-state index in [0.29, 0.717) is 17.4 Å². The first-order chi connectivity index (χ1) is 17.3. The minimum atomic E-state index is -0.968. The van der Waals surface area contributed by atoms with Gasteiger partial charge in [0.25, 0.3) is 0 Å². The van der Waals surface area contributed by atoms with Gasteiger partial charge in [-0.3, -0.25) is 14.4 Å². The fraction of sp³-hybridized carbons (Fsp3) is 0.500. The van der Waals surface area contributed by atoms with Crippen LogP contribution in [-0.4, -0.2) is 76.7 Å². The summed E-state index contributed by atoms with van der Waals surface area (Å²) in [7, 11) is 1.88. The molecule has 1 N–H and O–H groups in total. The van der Waals surface area contributed by atoms with Crippen molar-refractivity contribution in [2.45, 2.75) is 31.0 Å². The number of aromatic nitrogens is 3. The molecule has 2 saturated heterocycles. The quantitative estimate of drug-likeness (QED) is 0.563. The Morgan fingerprint density at radius 2 is 2.03 bits per heavy atom. The number of hydrogen-bond donors (Lipinski definition) is 1. The van der Waals surface area contributed by atoms with Crippen LogP contribution in [-0.2, 0) is 16.6 Å². The number of halogens is 2. The highest BCUT2D eigenvalue weighted by atomic mass is 35.5. The highest BCUT2D eigenvalue weighted by molar-refractivity contribution is 6.34. The fourth-order valence-electron chi connectivity index (χ4n) is 5.51. The highest BCUT2D eigenvalue weighted by Gasteiger charge is 2.46. The van der Waals surface area contributed by atoms with E-state index in [1.165, 1.54) is 0 Å². The number of nitrogens with one attached hydrogen (secondary N) is 1. The molecule has 4 atom stereocenters. The number of hydrogen-bond acceptors (Lipinski definition) is 6. The number of alkyl halides is 1. The molecule has 4 heterocycles. The van der Waals surface area contributed by atoms with Crippen LogP contribution in [0.4, 0.5) is 15.9 Å². The molecule has 2 aromatic heterocycles. The molecule has 0 spiro atoms. The molecule has 3 aliphatic rings. The van der Waals surface area contributed by atoms with Crippen molar-refractivity contribution in [1.82, 2.24) is 19.7 Å². The molecule has 1 aromatic carbocycles. The average molecular weight is 513 g/mol. The minimum absolute atomic E-state index is 0.0293. The van der Waals surface area contributed by atoms with Crippen LogP contribution < -0.4 is 10.2 Å². The van der Waals surface area contributed by atoms with Gasteiger partial charge in [0, 0.05) is 62.8 Å². The smallest absolute Gasteiger partial charge is 0.229 e. The molecule has 10 heteroatoms. The van der Waals surface area contributed by atoms with E-state index < -0.39 is 11.7 Å². The van der Waals surface area contributed by atoms with E-state index in [2.05, 4.69) is 31.3 Å². The molecule has 8 nitrogen and oxygen atoms in total. The highest BCUT2D eigenvalue weighted by Crippen LogP contribution is 2.47. The van der Waals surface area contributed by atoms with Gasteiger partial charge in [-0.2, -0.15) is 5.10 Å². The SMILES string of the molecule is Cn1ccc([C@H]2C[C@@H]2C(=O)Nc2cc3cc(N4CCN([C@@]5(C)COC[C@H]5F)CC4)c(Cl)cc3cn2)n1. The van der Waals surface area contributed by atoms with Gasteiger partial charge in [-0.05, 0) is 43.0 Å². The van der Waals surface area contributed by atoms with E-state index in [4.69, 9.17) is 16.3 Å². The standard InChI is InChI=1S/C26H30ClFN6O2/c1-26(15-36-14-23(26)28)34-7-5-33(6-8-34)22-10-16-11-24(29-13-17(16)9-20(22)27)30-25(35)19-12-18(19)21-3-4-32(2)31-21/h3-4,9-11,13,18-19,23H,5-8,12,14-15H2,1-2H3,(H,29,30,35)/t18-,19-,23+,26-/m0/s1. The molecule has 2 aliphatic heterocycles. The molecule has 6 rings (SSSR count). The topological polar surface area (TPSA) is 75.5 Å².